The van der Waals surface area contributed by atoms with Gasteiger partial charge in [-0.05, 0) is 30.7 Å². The molecule has 1 aliphatic rings. The fraction of sp³-hybridized carbons (Fsp3) is 0.462. The van der Waals surface area contributed by atoms with Crippen molar-refractivity contribution in [3.63, 3.8) is 0 Å². The number of anilines is 1. The molecule has 1 atom stereocenters. The van der Waals surface area contributed by atoms with Crippen LogP contribution < -0.4 is 11.3 Å². The predicted molar refractivity (Wildman–Crippen MR) is 71.7 cm³/mol. The summed E-state index contributed by atoms with van der Waals surface area (Å²) in [5, 5.41) is 9.29. The zero-order chi connectivity index (χ0) is 13.8. The second-order valence-electron chi connectivity index (χ2n) is 4.58. The summed E-state index contributed by atoms with van der Waals surface area (Å²) < 4.78 is 5.27. The van der Waals surface area contributed by atoms with Gasteiger partial charge in [0, 0.05) is 12.1 Å². The number of amides is 1. The number of hydrazine groups is 1. The number of nitrogen functional groups attached to an aromatic ring is 1. The molecule has 19 heavy (non-hydrogen) atoms. The van der Waals surface area contributed by atoms with Crippen LogP contribution in [0.3, 0.4) is 0 Å². The van der Waals surface area contributed by atoms with Gasteiger partial charge in [-0.25, -0.2) is 0 Å². The number of rotatable bonds is 3. The van der Waals surface area contributed by atoms with Crippen molar-refractivity contribution in [2.75, 3.05) is 31.8 Å². The van der Waals surface area contributed by atoms with Crippen LogP contribution in [0.5, 0.6) is 0 Å². The lowest BCUT2D eigenvalue weighted by Gasteiger charge is -2.34. The van der Waals surface area contributed by atoms with Gasteiger partial charge in [0.15, 0.2) is 0 Å². The number of morpholine rings is 1. The maximum atomic E-state index is 12.4. The number of aliphatic hydroxyl groups is 1. The quantitative estimate of drug-likeness (QED) is 0.533. The third-order valence-electron chi connectivity index (χ3n) is 3.33. The number of aliphatic hydroxyl groups excluding tert-OH is 1. The highest BCUT2D eigenvalue weighted by molar-refractivity contribution is 5.95. The molecule has 0 saturated carbocycles. The summed E-state index contributed by atoms with van der Waals surface area (Å²) in [4.78, 5) is 14.1. The van der Waals surface area contributed by atoms with Crippen molar-refractivity contribution < 1.29 is 14.6 Å². The Morgan fingerprint density at radius 2 is 2.42 bits per heavy atom. The number of hydrogen-bond donors (Lipinski definition) is 3. The molecule has 1 unspecified atom stereocenters. The van der Waals surface area contributed by atoms with E-state index in [4.69, 9.17) is 10.6 Å². The van der Waals surface area contributed by atoms with E-state index in [-0.39, 0.29) is 18.6 Å². The van der Waals surface area contributed by atoms with E-state index < -0.39 is 0 Å². The van der Waals surface area contributed by atoms with Crippen LogP contribution in [0.1, 0.15) is 15.9 Å². The number of benzene rings is 1. The van der Waals surface area contributed by atoms with Crippen molar-refractivity contribution >= 4 is 11.6 Å². The summed E-state index contributed by atoms with van der Waals surface area (Å²) in [6, 6.07) is 5.03. The van der Waals surface area contributed by atoms with Gasteiger partial charge in [0.05, 0.1) is 31.5 Å². The molecule has 1 heterocycles. The highest BCUT2D eigenvalue weighted by Gasteiger charge is 2.27. The molecule has 0 bridgehead atoms. The maximum Gasteiger partial charge on any atom is 0.254 e. The second-order valence-corrected chi connectivity index (χ2v) is 4.58. The van der Waals surface area contributed by atoms with Crippen LogP contribution in [0, 0.1) is 6.92 Å². The molecular formula is C13H19N3O3. The maximum absolute atomic E-state index is 12.4. The van der Waals surface area contributed by atoms with Gasteiger partial charge in [-0.1, -0.05) is 0 Å². The van der Waals surface area contributed by atoms with Gasteiger partial charge in [0.1, 0.15) is 0 Å². The van der Waals surface area contributed by atoms with Gasteiger partial charge in [-0.3, -0.25) is 10.6 Å². The van der Waals surface area contributed by atoms with E-state index in [1.54, 1.807) is 23.1 Å². The SMILES string of the molecule is Cc1cc(C(=O)N2CCOCC2CO)ccc1NN. The molecule has 0 spiro atoms. The molecule has 1 aliphatic heterocycles. The number of nitrogens with one attached hydrogen (secondary N) is 1. The highest BCUT2D eigenvalue weighted by Crippen LogP contribution is 2.18. The Bertz CT molecular complexity index is 464. The van der Waals surface area contributed by atoms with Gasteiger partial charge >= 0.3 is 0 Å². The summed E-state index contributed by atoms with van der Waals surface area (Å²) >= 11 is 0. The van der Waals surface area contributed by atoms with Crippen LogP contribution in [-0.4, -0.2) is 48.3 Å². The third kappa shape index (κ3) is 2.86. The number of ether oxygens (including phenoxy) is 1. The summed E-state index contributed by atoms with van der Waals surface area (Å²) in [6.45, 7) is 3.18. The minimum absolute atomic E-state index is 0.0889. The van der Waals surface area contributed by atoms with Gasteiger partial charge < -0.3 is 20.2 Å². The molecule has 0 aliphatic carbocycles. The summed E-state index contributed by atoms with van der Waals surface area (Å²) in [6.07, 6.45) is 0. The van der Waals surface area contributed by atoms with Crippen LogP contribution >= 0.6 is 0 Å². The molecule has 104 valence electrons. The highest BCUT2D eigenvalue weighted by atomic mass is 16.5. The number of nitrogens with zero attached hydrogens (tertiary/aromatic N) is 1. The van der Waals surface area contributed by atoms with E-state index in [2.05, 4.69) is 5.43 Å². The summed E-state index contributed by atoms with van der Waals surface area (Å²) in [5.74, 6) is 5.28. The molecule has 2 rings (SSSR count). The van der Waals surface area contributed by atoms with E-state index in [1.807, 2.05) is 6.92 Å². The molecule has 4 N–H and O–H groups in total. The van der Waals surface area contributed by atoms with Crippen molar-refractivity contribution in [3.8, 4) is 0 Å². The van der Waals surface area contributed by atoms with Crippen LogP contribution in [0.25, 0.3) is 0 Å². The number of aryl methyl sites for hydroxylation is 1. The average molecular weight is 265 g/mol. The van der Waals surface area contributed by atoms with Crippen LogP contribution in [0.15, 0.2) is 18.2 Å². The lowest BCUT2D eigenvalue weighted by Crippen LogP contribution is -2.50. The monoisotopic (exact) mass is 265 g/mol. The molecule has 6 heteroatoms. The molecule has 1 amide bonds. The normalized spacial score (nSPS) is 19.3. The van der Waals surface area contributed by atoms with Crippen molar-refractivity contribution in [2.24, 2.45) is 5.84 Å². The van der Waals surface area contributed by atoms with E-state index in [1.165, 1.54) is 0 Å². The Kier molecular flexibility index (Phi) is 4.36. The lowest BCUT2D eigenvalue weighted by atomic mass is 10.1. The first-order valence-electron chi connectivity index (χ1n) is 6.24. The zero-order valence-corrected chi connectivity index (χ0v) is 10.9. The molecule has 1 aromatic rings. The largest absolute Gasteiger partial charge is 0.394 e. The van der Waals surface area contributed by atoms with E-state index in [9.17, 15) is 9.90 Å². The van der Waals surface area contributed by atoms with Gasteiger partial charge in [0.25, 0.3) is 5.91 Å². The lowest BCUT2D eigenvalue weighted by molar-refractivity contribution is -0.0183. The van der Waals surface area contributed by atoms with E-state index >= 15 is 0 Å². The first kappa shape index (κ1) is 13.8. The van der Waals surface area contributed by atoms with Crippen molar-refractivity contribution in [1.82, 2.24) is 4.90 Å². The molecule has 1 aromatic carbocycles. The fourth-order valence-corrected chi connectivity index (χ4v) is 2.20. The van der Waals surface area contributed by atoms with Gasteiger partial charge in [0.2, 0.25) is 0 Å². The zero-order valence-electron chi connectivity index (χ0n) is 10.9. The molecular weight excluding hydrogens is 246 g/mol. The molecule has 6 nitrogen and oxygen atoms in total. The number of hydrogen-bond acceptors (Lipinski definition) is 5. The molecule has 0 radical (unpaired) electrons. The summed E-state index contributed by atoms with van der Waals surface area (Å²) in [7, 11) is 0. The van der Waals surface area contributed by atoms with Crippen LogP contribution in [0.4, 0.5) is 5.69 Å². The van der Waals surface area contributed by atoms with E-state index in [0.29, 0.717) is 25.3 Å². The molecule has 1 saturated heterocycles. The number of nitrogens with two attached hydrogens (primary N) is 1. The van der Waals surface area contributed by atoms with Crippen molar-refractivity contribution in [2.45, 2.75) is 13.0 Å². The average Bonchev–Trinajstić information content (AvgIpc) is 2.46. The predicted octanol–water partition coefficient (Wildman–Crippen LogP) is 0.114. The molecule has 1 fully saturated rings. The smallest absolute Gasteiger partial charge is 0.254 e. The number of carbonyl (C=O) groups is 1. The van der Waals surface area contributed by atoms with Crippen LogP contribution in [-0.2, 0) is 4.74 Å². The molecule has 0 aromatic heterocycles. The first-order chi connectivity index (χ1) is 9.17. The third-order valence-corrected chi connectivity index (χ3v) is 3.33. The minimum Gasteiger partial charge on any atom is -0.394 e. The Labute approximate surface area is 112 Å². The fourth-order valence-electron chi connectivity index (χ4n) is 2.20. The topological polar surface area (TPSA) is 87.8 Å². The minimum atomic E-state index is -0.270. The van der Waals surface area contributed by atoms with Gasteiger partial charge in [-0.2, -0.15) is 0 Å². The van der Waals surface area contributed by atoms with Crippen LogP contribution in [0.2, 0.25) is 0 Å². The Morgan fingerprint density at radius 3 is 3.05 bits per heavy atom. The second kappa shape index (κ2) is 6.01. The number of carbonyl (C=O) groups excluding carboxylic acids is 1. The Balaban J connectivity index is 2.20. The van der Waals surface area contributed by atoms with Gasteiger partial charge in [-0.15, -0.1) is 0 Å². The Morgan fingerprint density at radius 1 is 1.63 bits per heavy atom. The summed E-state index contributed by atoms with van der Waals surface area (Å²) in [5.41, 5.74) is 4.86. The van der Waals surface area contributed by atoms with Crippen molar-refractivity contribution in [3.05, 3.63) is 29.3 Å². The van der Waals surface area contributed by atoms with Crippen molar-refractivity contribution in [1.29, 1.82) is 0 Å². The van der Waals surface area contributed by atoms with E-state index in [0.717, 1.165) is 11.3 Å². The standard InChI is InChI=1S/C13H19N3O3/c1-9-6-10(2-3-12(9)15-14)13(18)16-4-5-19-8-11(16)7-17/h2-3,6,11,15,17H,4-5,7-8,14H2,1H3. The first-order valence-corrected chi connectivity index (χ1v) is 6.24. The Hall–Kier alpha value is -1.63.